The fourth-order valence-corrected chi connectivity index (χ4v) is 2.10. The fourth-order valence-electron chi connectivity index (χ4n) is 1.87. The van der Waals surface area contributed by atoms with E-state index in [0.717, 1.165) is 22.3 Å². The van der Waals surface area contributed by atoms with Gasteiger partial charge in [-0.1, -0.05) is 0 Å². The van der Waals surface area contributed by atoms with Crippen LogP contribution in [-0.2, 0) is 6.42 Å². The van der Waals surface area contributed by atoms with Gasteiger partial charge in [-0.25, -0.2) is 8.78 Å². The molecule has 0 fully saturated rings. The number of pyridine rings is 1. The molecule has 5 heteroatoms. The fraction of sp³-hybridized carbons (Fsp3) is 0.214. The molecule has 0 aliphatic rings. The second kappa shape index (κ2) is 6.21. The summed E-state index contributed by atoms with van der Waals surface area (Å²) in [6.45, 7) is 0. The van der Waals surface area contributed by atoms with Crippen LogP contribution in [0.15, 0.2) is 41.0 Å². The van der Waals surface area contributed by atoms with Gasteiger partial charge in [-0.2, -0.15) is 0 Å². The van der Waals surface area contributed by atoms with Crippen molar-refractivity contribution in [2.75, 3.05) is 7.05 Å². The third kappa shape index (κ3) is 3.58. The second-order valence-electron chi connectivity index (χ2n) is 4.18. The molecule has 0 saturated carbocycles. The number of nitrogens with one attached hydrogen (secondary N) is 1. The summed E-state index contributed by atoms with van der Waals surface area (Å²) in [6, 6.07) is 7.04. The number of nitrogens with zero attached hydrogens (tertiary/aromatic N) is 1. The van der Waals surface area contributed by atoms with Crippen LogP contribution >= 0.6 is 15.9 Å². The van der Waals surface area contributed by atoms with E-state index in [0.29, 0.717) is 12.0 Å². The second-order valence-corrected chi connectivity index (χ2v) is 5.10. The smallest absolute Gasteiger partial charge is 0.126 e. The molecular formula is C14H13BrF2N2. The van der Waals surface area contributed by atoms with Crippen molar-refractivity contribution in [1.82, 2.24) is 10.3 Å². The summed E-state index contributed by atoms with van der Waals surface area (Å²) in [5, 5.41) is 3.07. The molecule has 0 aliphatic heterocycles. The van der Waals surface area contributed by atoms with Crippen molar-refractivity contribution in [3.8, 4) is 0 Å². The summed E-state index contributed by atoms with van der Waals surface area (Å²) in [4.78, 5) is 4.27. The molecule has 0 bridgehead atoms. The number of rotatable bonds is 4. The third-order valence-electron chi connectivity index (χ3n) is 2.89. The molecule has 2 aromatic rings. The van der Waals surface area contributed by atoms with Crippen LogP contribution in [0.25, 0.3) is 0 Å². The number of hydrogen-bond acceptors (Lipinski definition) is 2. The minimum Gasteiger partial charge on any atom is -0.311 e. The van der Waals surface area contributed by atoms with Gasteiger partial charge in [0.1, 0.15) is 11.6 Å². The SMILES string of the molecule is CNC(Cc1cc(F)ccc1F)c1ccc(Br)cn1. The monoisotopic (exact) mass is 326 g/mol. The van der Waals surface area contributed by atoms with Crippen LogP contribution in [-0.4, -0.2) is 12.0 Å². The van der Waals surface area contributed by atoms with Gasteiger partial charge in [-0.3, -0.25) is 4.98 Å². The maximum atomic E-state index is 13.6. The molecule has 19 heavy (non-hydrogen) atoms. The van der Waals surface area contributed by atoms with E-state index in [-0.39, 0.29) is 6.04 Å². The molecular weight excluding hydrogens is 314 g/mol. The van der Waals surface area contributed by atoms with Gasteiger partial charge in [0.15, 0.2) is 0 Å². The van der Waals surface area contributed by atoms with Gasteiger partial charge in [0.05, 0.1) is 11.7 Å². The Kier molecular flexibility index (Phi) is 4.61. The maximum absolute atomic E-state index is 13.6. The summed E-state index contributed by atoms with van der Waals surface area (Å²) in [5.74, 6) is -0.839. The number of hydrogen-bond donors (Lipinski definition) is 1. The van der Waals surface area contributed by atoms with Crippen molar-refractivity contribution >= 4 is 15.9 Å². The van der Waals surface area contributed by atoms with E-state index >= 15 is 0 Å². The number of benzene rings is 1. The van der Waals surface area contributed by atoms with Gasteiger partial charge in [0, 0.05) is 10.7 Å². The Morgan fingerprint density at radius 1 is 1.26 bits per heavy atom. The molecule has 0 amide bonds. The van der Waals surface area contributed by atoms with Crippen LogP contribution in [0.5, 0.6) is 0 Å². The Morgan fingerprint density at radius 3 is 2.68 bits per heavy atom. The van der Waals surface area contributed by atoms with Crippen molar-refractivity contribution in [2.24, 2.45) is 0 Å². The van der Waals surface area contributed by atoms with Gasteiger partial charge in [-0.15, -0.1) is 0 Å². The first-order valence-electron chi connectivity index (χ1n) is 5.83. The van der Waals surface area contributed by atoms with Gasteiger partial charge in [0.25, 0.3) is 0 Å². The average Bonchev–Trinajstić information content (AvgIpc) is 2.41. The van der Waals surface area contributed by atoms with Crippen molar-refractivity contribution in [3.63, 3.8) is 0 Å². The lowest BCUT2D eigenvalue weighted by Gasteiger charge is -2.16. The Hall–Kier alpha value is -1.33. The highest BCUT2D eigenvalue weighted by atomic mass is 79.9. The van der Waals surface area contributed by atoms with Crippen LogP contribution in [0, 0.1) is 11.6 Å². The lowest BCUT2D eigenvalue weighted by molar-refractivity contribution is 0.536. The van der Waals surface area contributed by atoms with Gasteiger partial charge in [0.2, 0.25) is 0 Å². The van der Waals surface area contributed by atoms with Gasteiger partial charge in [-0.05, 0) is 65.3 Å². The Balaban J connectivity index is 2.23. The minimum absolute atomic E-state index is 0.163. The molecule has 1 aromatic carbocycles. The molecule has 1 aromatic heterocycles. The van der Waals surface area contributed by atoms with E-state index in [1.165, 1.54) is 6.07 Å². The van der Waals surface area contributed by atoms with Crippen LogP contribution in [0.4, 0.5) is 8.78 Å². The molecule has 1 atom stereocenters. The molecule has 2 rings (SSSR count). The molecule has 0 saturated heterocycles. The predicted octanol–water partition coefficient (Wildman–Crippen LogP) is 3.63. The molecule has 0 aliphatic carbocycles. The summed E-state index contributed by atoms with van der Waals surface area (Å²) < 4.78 is 27.6. The molecule has 0 spiro atoms. The Morgan fingerprint density at radius 2 is 2.05 bits per heavy atom. The summed E-state index contributed by atoms with van der Waals surface area (Å²) >= 11 is 3.31. The predicted molar refractivity (Wildman–Crippen MR) is 73.8 cm³/mol. The molecule has 100 valence electrons. The van der Waals surface area contributed by atoms with Crippen LogP contribution in [0.1, 0.15) is 17.3 Å². The van der Waals surface area contributed by atoms with Crippen LogP contribution in [0.2, 0.25) is 0 Å². The summed E-state index contributed by atoms with van der Waals surface area (Å²) in [5.41, 5.74) is 1.12. The van der Waals surface area contributed by atoms with Crippen molar-refractivity contribution in [3.05, 3.63) is 63.9 Å². The van der Waals surface area contributed by atoms with E-state index in [1.54, 1.807) is 13.2 Å². The standard InChI is InChI=1S/C14H13BrF2N2/c1-18-14(13-5-2-10(15)8-19-13)7-9-6-11(16)3-4-12(9)17/h2-6,8,14,18H,7H2,1H3. The molecule has 1 unspecified atom stereocenters. The van der Waals surface area contributed by atoms with Crippen molar-refractivity contribution in [1.29, 1.82) is 0 Å². The maximum Gasteiger partial charge on any atom is 0.126 e. The lowest BCUT2D eigenvalue weighted by Crippen LogP contribution is -2.20. The third-order valence-corrected chi connectivity index (χ3v) is 3.36. The van der Waals surface area contributed by atoms with E-state index in [4.69, 9.17) is 0 Å². The average molecular weight is 327 g/mol. The first-order valence-corrected chi connectivity index (χ1v) is 6.62. The Bertz CT molecular complexity index is 558. The zero-order valence-corrected chi connectivity index (χ0v) is 11.9. The highest BCUT2D eigenvalue weighted by molar-refractivity contribution is 9.10. The normalized spacial score (nSPS) is 12.4. The molecule has 1 heterocycles. The topological polar surface area (TPSA) is 24.9 Å². The number of aromatic nitrogens is 1. The zero-order valence-electron chi connectivity index (χ0n) is 10.3. The van der Waals surface area contributed by atoms with Crippen LogP contribution < -0.4 is 5.32 Å². The van der Waals surface area contributed by atoms with E-state index in [9.17, 15) is 8.78 Å². The van der Waals surface area contributed by atoms with E-state index in [2.05, 4.69) is 26.2 Å². The molecule has 1 N–H and O–H groups in total. The van der Waals surface area contributed by atoms with Gasteiger partial charge < -0.3 is 5.32 Å². The highest BCUT2D eigenvalue weighted by Gasteiger charge is 2.14. The van der Waals surface area contributed by atoms with E-state index < -0.39 is 11.6 Å². The largest absolute Gasteiger partial charge is 0.311 e. The number of halogens is 3. The minimum atomic E-state index is -0.435. The lowest BCUT2D eigenvalue weighted by atomic mass is 10.0. The summed E-state index contributed by atoms with van der Waals surface area (Å²) in [7, 11) is 1.77. The zero-order chi connectivity index (χ0) is 13.8. The molecule has 2 nitrogen and oxygen atoms in total. The Labute approximate surface area is 119 Å². The highest BCUT2D eigenvalue weighted by Crippen LogP contribution is 2.20. The summed E-state index contributed by atoms with van der Waals surface area (Å²) in [6.07, 6.45) is 2.02. The van der Waals surface area contributed by atoms with Gasteiger partial charge >= 0.3 is 0 Å². The first-order chi connectivity index (χ1) is 9.10. The first kappa shape index (κ1) is 14.1. The molecule has 0 radical (unpaired) electrons. The van der Waals surface area contributed by atoms with Crippen molar-refractivity contribution < 1.29 is 8.78 Å². The van der Waals surface area contributed by atoms with E-state index in [1.807, 2.05) is 12.1 Å². The quantitative estimate of drug-likeness (QED) is 0.928. The number of likely N-dealkylation sites (N-methyl/N-ethyl adjacent to an activating group) is 1. The van der Waals surface area contributed by atoms with Crippen molar-refractivity contribution in [2.45, 2.75) is 12.5 Å². The van der Waals surface area contributed by atoms with Crippen LogP contribution in [0.3, 0.4) is 0 Å².